The number of halogens is 2. The monoisotopic (exact) mass is 536 g/mol. The van der Waals surface area contributed by atoms with Crippen LogP contribution in [0.15, 0.2) is 47.4 Å². The van der Waals surface area contributed by atoms with Gasteiger partial charge in [-0.1, -0.05) is 43.0 Å². The predicted molar refractivity (Wildman–Crippen MR) is 138 cm³/mol. The molecule has 0 aliphatic carbocycles. The summed E-state index contributed by atoms with van der Waals surface area (Å²) in [5.74, 6) is -0.119. The molecule has 0 saturated carbocycles. The molecule has 11 heteroatoms. The lowest BCUT2D eigenvalue weighted by Crippen LogP contribution is -2.16. The van der Waals surface area contributed by atoms with Crippen LogP contribution in [0.1, 0.15) is 47.9 Å². The Labute approximate surface area is 215 Å². The first-order valence-electron chi connectivity index (χ1n) is 11.0. The normalized spacial score (nSPS) is 11.2. The van der Waals surface area contributed by atoms with Crippen LogP contribution in [0.5, 0.6) is 5.75 Å². The molecule has 3 rings (SSSR count). The third-order valence-electron chi connectivity index (χ3n) is 4.89. The third kappa shape index (κ3) is 7.30. The van der Waals surface area contributed by atoms with Gasteiger partial charge in [-0.3, -0.25) is 4.79 Å². The molecule has 0 spiro atoms. The van der Waals surface area contributed by atoms with Gasteiger partial charge in [0.1, 0.15) is 0 Å². The minimum absolute atomic E-state index is 0.00563. The number of unbranched alkanes of at least 4 members (excludes halogenated alkanes) is 2. The van der Waals surface area contributed by atoms with Crippen molar-refractivity contribution in [2.24, 2.45) is 0 Å². The first-order valence-corrected chi connectivity index (χ1v) is 13.2. The highest BCUT2D eigenvalue weighted by Gasteiger charge is 2.18. The second-order valence-corrected chi connectivity index (χ2v) is 10.4. The summed E-state index contributed by atoms with van der Waals surface area (Å²) in [4.78, 5) is 20.9. The van der Waals surface area contributed by atoms with E-state index in [0.717, 1.165) is 19.3 Å². The number of carbonyl (C=O) groups excluding carboxylic acids is 1. The number of carbonyl (C=O) groups is 1. The van der Waals surface area contributed by atoms with Crippen molar-refractivity contribution in [3.8, 4) is 5.75 Å². The van der Waals surface area contributed by atoms with Crippen LogP contribution in [0.25, 0.3) is 0 Å². The largest absolute Gasteiger partial charge is 0.490 e. The molecule has 0 unspecified atom stereocenters. The summed E-state index contributed by atoms with van der Waals surface area (Å²) in [6.07, 6.45) is 2.98. The lowest BCUT2D eigenvalue weighted by Gasteiger charge is -2.12. The number of nitrogens with zero attached hydrogens (tertiary/aromatic N) is 2. The molecule has 35 heavy (non-hydrogen) atoms. The van der Waals surface area contributed by atoms with Crippen LogP contribution in [0.3, 0.4) is 0 Å². The van der Waals surface area contributed by atoms with E-state index in [1.54, 1.807) is 19.9 Å². The Morgan fingerprint density at radius 3 is 2.14 bits per heavy atom. The molecule has 1 heterocycles. The molecule has 0 aliphatic heterocycles. The second-order valence-electron chi connectivity index (χ2n) is 7.88. The quantitative estimate of drug-likeness (QED) is 0.306. The standard InChI is InChI=1S/C24H26Cl2N4O4S/c1-4-5-6-11-34-22-20(25)13-17(14-21(22)26)23(31)29-18-7-9-19(10-8-18)35(32,33)30-24-27-15(2)12-16(3)28-24/h7-10,12-14H,4-6,11H2,1-3H3,(H,29,31)(H,27,28,30). The van der Waals surface area contributed by atoms with Crippen LogP contribution < -0.4 is 14.8 Å². The Hall–Kier alpha value is -2.88. The first kappa shape index (κ1) is 26.7. The summed E-state index contributed by atoms with van der Waals surface area (Å²) >= 11 is 12.6. The zero-order chi connectivity index (χ0) is 25.6. The number of ether oxygens (including phenoxy) is 1. The van der Waals surface area contributed by atoms with Crippen molar-refractivity contribution in [3.63, 3.8) is 0 Å². The van der Waals surface area contributed by atoms with Gasteiger partial charge in [-0.2, -0.15) is 0 Å². The molecule has 0 atom stereocenters. The van der Waals surface area contributed by atoms with Crippen molar-refractivity contribution in [2.75, 3.05) is 16.6 Å². The van der Waals surface area contributed by atoms with Gasteiger partial charge in [-0.05, 0) is 62.7 Å². The molecular formula is C24H26Cl2N4O4S. The topological polar surface area (TPSA) is 110 Å². The summed E-state index contributed by atoms with van der Waals surface area (Å²) in [6.45, 7) is 6.08. The maximum atomic E-state index is 12.7. The highest BCUT2D eigenvalue weighted by Crippen LogP contribution is 2.34. The van der Waals surface area contributed by atoms with E-state index in [2.05, 4.69) is 26.9 Å². The van der Waals surface area contributed by atoms with Gasteiger partial charge in [0.15, 0.2) is 5.75 Å². The second kappa shape index (κ2) is 11.7. The van der Waals surface area contributed by atoms with Crippen molar-refractivity contribution >= 4 is 50.8 Å². The minimum Gasteiger partial charge on any atom is -0.490 e. The molecule has 186 valence electrons. The summed E-state index contributed by atoms with van der Waals surface area (Å²) in [6, 6.07) is 10.4. The first-order chi connectivity index (χ1) is 16.6. The van der Waals surface area contributed by atoms with Crippen LogP contribution in [0.4, 0.5) is 11.6 Å². The fourth-order valence-electron chi connectivity index (χ4n) is 3.23. The molecule has 3 aromatic rings. The lowest BCUT2D eigenvalue weighted by atomic mass is 10.2. The molecule has 0 aliphatic rings. The minimum atomic E-state index is -3.91. The van der Waals surface area contributed by atoms with Crippen LogP contribution in [-0.4, -0.2) is 30.9 Å². The highest BCUT2D eigenvalue weighted by molar-refractivity contribution is 7.92. The number of aromatic nitrogens is 2. The average molecular weight is 537 g/mol. The van der Waals surface area contributed by atoms with Crippen molar-refractivity contribution in [2.45, 2.75) is 44.9 Å². The molecular weight excluding hydrogens is 511 g/mol. The fourth-order valence-corrected chi connectivity index (χ4v) is 4.77. The van der Waals surface area contributed by atoms with Crippen molar-refractivity contribution in [1.82, 2.24) is 9.97 Å². The van der Waals surface area contributed by atoms with Gasteiger partial charge < -0.3 is 10.1 Å². The lowest BCUT2D eigenvalue weighted by molar-refractivity contribution is 0.102. The Morgan fingerprint density at radius 2 is 1.57 bits per heavy atom. The van der Waals surface area contributed by atoms with E-state index in [4.69, 9.17) is 27.9 Å². The van der Waals surface area contributed by atoms with Gasteiger partial charge in [0.25, 0.3) is 15.9 Å². The highest BCUT2D eigenvalue weighted by atomic mass is 35.5. The molecule has 2 aromatic carbocycles. The van der Waals surface area contributed by atoms with E-state index < -0.39 is 15.9 Å². The van der Waals surface area contributed by atoms with Gasteiger partial charge in [0.2, 0.25) is 5.95 Å². The molecule has 0 bridgehead atoms. The van der Waals surface area contributed by atoms with Crippen LogP contribution in [-0.2, 0) is 10.0 Å². The maximum Gasteiger partial charge on any atom is 0.264 e. The molecule has 0 fully saturated rings. The van der Waals surface area contributed by atoms with E-state index in [-0.39, 0.29) is 26.5 Å². The number of anilines is 2. The molecule has 8 nitrogen and oxygen atoms in total. The smallest absolute Gasteiger partial charge is 0.264 e. The summed E-state index contributed by atoms with van der Waals surface area (Å²) in [5, 5.41) is 3.17. The number of hydrogen-bond donors (Lipinski definition) is 2. The van der Waals surface area contributed by atoms with Gasteiger partial charge in [-0.25, -0.2) is 23.1 Å². The van der Waals surface area contributed by atoms with Crippen molar-refractivity contribution in [3.05, 3.63) is 69.5 Å². The van der Waals surface area contributed by atoms with Crippen LogP contribution in [0, 0.1) is 13.8 Å². The Morgan fingerprint density at radius 1 is 0.971 bits per heavy atom. The number of nitrogens with one attached hydrogen (secondary N) is 2. The van der Waals surface area contributed by atoms with E-state index in [1.165, 1.54) is 36.4 Å². The number of rotatable bonds is 10. The van der Waals surface area contributed by atoms with Gasteiger partial charge >= 0.3 is 0 Å². The van der Waals surface area contributed by atoms with Crippen LogP contribution >= 0.6 is 23.2 Å². The van der Waals surface area contributed by atoms with E-state index >= 15 is 0 Å². The SMILES string of the molecule is CCCCCOc1c(Cl)cc(C(=O)Nc2ccc(S(=O)(=O)Nc3nc(C)cc(C)n3)cc2)cc1Cl. The predicted octanol–water partition coefficient (Wildman–Crippen LogP) is 6.02. The number of benzene rings is 2. The Bertz CT molecular complexity index is 1270. The number of aryl methyl sites for hydroxylation is 2. The van der Waals surface area contributed by atoms with Gasteiger partial charge in [-0.15, -0.1) is 0 Å². The maximum absolute atomic E-state index is 12.7. The average Bonchev–Trinajstić information content (AvgIpc) is 2.77. The van der Waals surface area contributed by atoms with E-state index in [0.29, 0.717) is 29.4 Å². The van der Waals surface area contributed by atoms with Gasteiger partial charge in [0.05, 0.1) is 21.5 Å². The molecule has 1 amide bonds. The van der Waals surface area contributed by atoms with Gasteiger partial charge in [0, 0.05) is 22.6 Å². The van der Waals surface area contributed by atoms with Crippen LogP contribution in [0.2, 0.25) is 10.0 Å². The number of amides is 1. The van der Waals surface area contributed by atoms with E-state index in [9.17, 15) is 13.2 Å². The van der Waals surface area contributed by atoms with Crippen molar-refractivity contribution in [1.29, 1.82) is 0 Å². The van der Waals surface area contributed by atoms with Crippen molar-refractivity contribution < 1.29 is 17.9 Å². The number of hydrogen-bond acceptors (Lipinski definition) is 6. The molecule has 0 saturated heterocycles. The zero-order valence-electron chi connectivity index (χ0n) is 19.6. The summed E-state index contributed by atoms with van der Waals surface area (Å²) < 4.78 is 33.4. The molecule has 1 aromatic heterocycles. The Balaban J connectivity index is 1.68. The molecule has 2 N–H and O–H groups in total. The zero-order valence-corrected chi connectivity index (χ0v) is 21.9. The fraction of sp³-hybridized carbons (Fsp3) is 0.292. The van der Waals surface area contributed by atoms with E-state index in [1.807, 2.05) is 0 Å². The summed E-state index contributed by atoms with van der Waals surface area (Å²) in [7, 11) is -3.91. The number of sulfonamides is 1. The third-order valence-corrected chi connectivity index (χ3v) is 6.79. The summed E-state index contributed by atoms with van der Waals surface area (Å²) in [5.41, 5.74) is 1.92. The Kier molecular flexibility index (Phi) is 8.93. The molecule has 0 radical (unpaired) electrons.